The minimum Gasteiger partial charge on any atom is -0.382 e. The number of methoxy groups -OCH3 is 1. The van der Waals surface area contributed by atoms with Crippen molar-refractivity contribution in [2.45, 2.75) is 32.5 Å². The van der Waals surface area contributed by atoms with Gasteiger partial charge in [0, 0.05) is 20.6 Å². The first-order chi connectivity index (χ1) is 14.5. The van der Waals surface area contributed by atoms with Gasteiger partial charge in [-0.25, -0.2) is 0 Å². The van der Waals surface area contributed by atoms with Crippen molar-refractivity contribution in [1.29, 1.82) is 0 Å². The van der Waals surface area contributed by atoms with Gasteiger partial charge in [0.1, 0.15) is 6.04 Å². The largest absolute Gasteiger partial charge is 0.382 e. The highest BCUT2D eigenvalue weighted by atomic mass is 16.5. The molecule has 3 aromatic rings. The van der Waals surface area contributed by atoms with Gasteiger partial charge in [-0.15, -0.1) is 0 Å². The molecule has 0 aliphatic rings. The molecule has 3 aromatic carbocycles. The predicted molar refractivity (Wildman–Crippen MR) is 119 cm³/mol. The molecule has 2 amide bonds. The maximum absolute atomic E-state index is 13.0. The second-order valence-corrected chi connectivity index (χ2v) is 7.38. The third-order valence-electron chi connectivity index (χ3n) is 5.31. The second kappa shape index (κ2) is 10.0. The van der Waals surface area contributed by atoms with Crippen molar-refractivity contribution in [2.75, 3.05) is 13.7 Å². The van der Waals surface area contributed by atoms with Crippen LogP contribution in [0.4, 0.5) is 0 Å². The number of fused-ring (bicyclic) bond motifs is 1. The monoisotopic (exact) mass is 404 g/mol. The fraction of sp³-hybridized carbons (Fsp3) is 0.280. The summed E-state index contributed by atoms with van der Waals surface area (Å²) in [7, 11) is 1.54. The average Bonchev–Trinajstić information content (AvgIpc) is 2.77. The van der Waals surface area contributed by atoms with Crippen molar-refractivity contribution in [2.24, 2.45) is 0 Å². The van der Waals surface area contributed by atoms with E-state index in [1.54, 1.807) is 4.90 Å². The van der Waals surface area contributed by atoms with Crippen molar-refractivity contribution >= 4 is 22.6 Å². The summed E-state index contributed by atoms with van der Waals surface area (Å²) >= 11 is 0. The summed E-state index contributed by atoms with van der Waals surface area (Å²) < 4.78 is 5.31. The zero-order valence-electron chi connectivity index (χ0n) is 17.7. The molecule has 1 N–H and O–H groups in total. The first kappa shape index (κ1) is 21.5. The highest BCUT2D eigenvalue weighted by Crippen LogP contribution is 2.26. The molecule has 3 rings (SSSR count). The number of hydrogen-bond acceptors (Lipinski definition) is 3. The number of carbonyl (C=O) groups is 2. The molecule has 0 aliphatic heterocycles. The Labute approximate surface area is 177 Å². The van der Waals surface area contributed by atoms with Crippen LogP contribution in [0.25, 0.3) is 10.8 Å². The highest BCUT2D eigenvalue weighted by Gasteiger charge is 2.32. The van der Waals surface area contributed by atoms with E-state index in [1.165, 1.54) is 14.0 Å². The Kier molecular flexibility index (Phi) is 7.20. The zero-order chi connectivity index (χ0) is 21.5. The minimum atomic E-state index is -0.724. The topological polar surface area (TPSA) is 58.6 Å². The Morgan fingerprint density at radius 1 is 0.967 bits per heavy atom. The smallest absolute Gasteiger partial charge is 0.245 e. The molecule has 0 unspecified atom stereocenters. The summed E-state index contributed by atoms with van der Waals surface area (Å²) in [4.78, 5) is 27.2. The Hall–Kier alpha value is -3.18. The van der Waals surface area contributed by atoms with Crippen molar-refractivity contribution < 1.29 is 14.3 Å². The second-order valence-electron chi connectivity index (χ2n) is 7.38. The summed E-state index contributed by atoms with van der Waals surface area (Å²) in [5, 5.41) is 5.18. The number of rotatable bonds is 8. The molecule has 0 spiro atoms. The number of ether oxygens (including phenoxy) is 1. The lowest BCUT2D eigenvalue weighted by Gasteiger charge is -2.35. The number of benzene rings is 3. The molecule has 156 valence electrons. The lowest BCUT2D eigenvalue weighted by atomic mass is 10.00. The van der Waals surface area contributed by atoms with Gasteiger partial charge in [0.05, 0.1) is 12.6 Å². The molecule has 0 bridgehead atoms. The van der Waals surface area contributed by atoms with Crippen molar-refractivity contribution in [3.05, 3.63) is 83.9 Å². The quantitative estimate of drug-likeness (QED) is 0.615. The number of hydrogen-bond donors (Lipinski definition) is 1. The number of nitrogens with one attached hydrogen (secondary N) is 1. The van der Waals surface area contributed by atoms with Gasteiger partial charge in [0.2, 0.25) is 11.8 Å². The molecule has 0 aliphatic carbocycles. The first-order valence-electron chi connectivity index (χ1n) is 10.1. The predicted octanol–water partition coefficient (Wildman–Crippen LogP) is 4.08. The van der Waals surface area contributed by atoms with Crippen LogP contribution in [0.1, 0.15) is 31.0 Å². The molecule has 0 aromatic heterocycles. The van der Waals surface area contributed by atoms with Crippen LogP contribution in [0.5, 0.6) is 0 Å². The van der Waals surface area contributed by atoms with Crippen LogP contribution in [0.3, 0.4) is 0 Å². The fourth-order valence-electron chi connectivity index (χ4n) is 3.73. The third-order valence-corrected chi connectivity index (χ3v) is 5.31. The Morgan fingerprint density at radius 2 is 1.63 bits per heavy atom. The van der Waals surface area contributed by atoms with E-state index in [-0.39, 0.29) is 24.5 Å². The number of carbonyl (C=O) groups excluding carboxylic acids is 2. The standard InChI is InChI=1S/C25H28N2O3/c1-18(22-14-13-21-11-7-8-12-23(21)15-22)27(19(2)28)24(17-30-3)25(29)26-16-20-9-5-4-6-10-20/h4-15,18,24H,16-17H2,1-3H3,(H,26,29)/t18-,24+/m0/s1. The minimum absolute atomic E-state index is 0.123. The van der Waals surface area contributed by atoms with Gasteiger partial charge in [-0.1, -0.05) is 66.7 Å². The van der Waals surface area contributed by atoms with Gasteiger partial charge in [0.15, 0.2) is 0 Å². The molecule has 0 radical (unpaired) electrons. The van der Waals surface area contributed by atoms with E-state index in [2.05, 4.69) is 17.4 Å². The summed E-state index contributed by atoms with van der Waals surface area (Å²) in [5.41, 5.74) is 1.97. The van der Waals surface area contributed by atoms with E-state index in [0.717, 1.165) is 21.9 Å². The third kappa shape index (κ3) is 5.05. The van der Waals surface area contributed by atoms with Crippen LogP contribution in [-0.4, -0.2) is 36.5 Å². The van der Waals surface area contributed by atoms with Crippen LogP contribution in [0.15, 0.2) is 72.8 Å². The summed E-state index contributed by atoms with van der Waals surface area (Å²) in [5.74, 6) is -0.406. The van der Waals surface area contributed by atoms with Crippen LogP contribution in [-0.2, 0) is 20.9 Å². The molecule has 0 heterocycles. The van der Waals surface area contributed by atoms with Crippen LogP contribution in [0.2, 0.25) is 0 Å². The van der Waals surface area contributed by atoms with Crippen molar-refractivity contribution in [3.63, 3.8) is 0 Å². The highest BCUT2D eigenvalue weighted by molar-refractivity contribution is 5.88. The Bertz CT molecular complexity index is 1000. The summed E-state index contributed by atoms with van der Waals surface area (Å²) in [6, 6.07) is 22.9. The molecule has 2 atom stereocenters. The lowest BCUT2D eigenvalue weighted by Crippen LogP contribution is -2.52. The number of nitrogens with zero attached hydrogens (tertiary/aromatic N) is 1. The van der Waals surface area contributed by atoms with Gasteiger partial charge >= 0.3 is 0 Å². The molecular formula is C25H28N2O3. The van der Waals surface area contributed by atoms with E-state index >= 15 is 0 Å². The zero-order valence-corrected chi connectivity index (χ0v) is 17.7. The van der Waals surface area contributed by atoms with E-state index in [4.69, 9.17) is 4.74 Å². The SMILES string of the molecule is COC[C@H](C(=O)NCc1ccccc1)N(C(C)=O)[C@@H](C)c1ccc2ccccc2c1. The van der Waals surface area contributed by atoms with Gasteiger partial charge < -0.3 is 15.0 Å². The Balaban J connectivity index is 1.83. The van der Waals surface area contributed by atoms with E-state index < -0.39 is 6.04 Å². The summed E-state index contributed by atoms with van der Waals surface area (Å²) in [6.07, 6.45) is 0. The van der Waals surface area contributed by atoms with Gasteiger partial charge in [0.25, 0.3) is 0 Å². The molecule has 0 fully saturated rings. The van der Waals surface area contributed by atoms with E-state index in [9.17, 15) is 9.59 Å². The fourth-order valence-corrected chi connectivity index (χ4v) is 3.73. The molecule has 5 nitrogen and oxygen atoms in total. The van der Waals surface area contributed by atoms with Gasteiger partial charge in [-0.2, -0.15) is 0 Å². The normalized spacial score (nSPS) is 12.9. The van der Waals surface area contributed by atoms with Crippen LogP contribution < -0.4 is 5.32 Å². The molecular weight excluding hydrogens is 376 g/mol. The van der Waals surface area contributed by atoms with E-state index in [1.807, 2.05) is 67.6 Å². The van der Waals surface area contributed by atoms with Crippen LogP contribution >= 0.6 is 0 Å². The van der Waals surface area contributed by atoms with Gasteiger partial charge in [-0.3, -0.25) is 9.59 Å². The maximum atomic E-state index is 13.0. The Morgan fingerprint density at radius 3 is 2.30 bits per heavy atom. The maximum Gasteiger partial charge on any atom is 0.245 e. The van der Waals surface area contributed by atoms with Crippen molar-refractivity contribution in [1.82, 2.24) is 10.2 Å². The van der Waals surface area contributed by atoms with Gasteiger partial charge in [-0.05, 0) is 34.9 Å². The first-order valence-corrected chi connectivity index (χ1v) is 10.1. The van der Waals surface area contributed by atoms with Crippen molar-refractivity contribution in [3.8, 4) is 0 Å². The van der Waals surface area contributed by atoms with E-state index in [0.29, 0.717) is 6.54 Å². The summed E-state index contributed by atoms with van der Waals surface area (Å²) in [6.45, 7) is 3.96. The molecule has 5 heteroatoms. The molecule has 0 saturated heterocycles. The average molecular weight is 405 g/mol. The molecule has 0 saturated carbocycles. The van der Waals surface area contributed by atoms with Crippen LogP contribution in [0, 0.1) is 0 Å². The lowest BCUT2D eigenvalue weighted by molar-refractivity contribution is -0.143. The molecule has 30 heavy (non-hydrogen) atoms. The number of amides is 2.